The van der Waals surface area contributed by atoms with Gasteiger partial charge in [0.1, 0.15) is 23.0 Å². The van der Waals surface area contributed by atoms with Crippen molar-refractivity contribution in [3.8, 4) is 35.1 Å². The number of hydrogen-bond donors (Lipinski definition) is 0. The molecule has 0 radical (unpaired) electrons. The number of nitrogens with zero attached hydrogens (tertiary/aromatic N) is 2. The molecule has 10 nitrogen and oxygen atoms in total. The molecule has 0 aliphatic heterocycles. The monoisotopic (exact) mass is 800 g/mol. The number of carbonyl (C=O) groups excluding carboxylic acids is 2. The van der Waals surface area contributed by atoms with Gasteiger partial charge in [-0.15, -0.1) is 0 Å². The van der Waals surface area contributed by atoms with Gasteiger partial charge in [0.25, 0.3) is 0 Å². The fraction of sp³-hybridized carbons (Fsp3) is 0. The van der Waals surface area contributed by atoms with Crippen molar-refractivity contribution in [3.63, 3.8) is 0 Å². The summed E-state index contributed by atoms with van der Waals surface area (Å²) in [4.78, 5) is 25.8. The summed E-state index contributed by atoms with van der Waals surface area (Å²) in [5.41, 5.74) is 2.09. The van der Waals surface area contributed by atoms with Crippen LogP contribution in [0.4, 0.5) is 0 Å². The van der Waals surface area contributed by atoms with Crippen LogP contribution in [0.3, 0.4) is 0 Å². The third kappa shape index (κ3) is 8.01. The summed E-state index contributed by atoms with van der Waals surface area (Å²) in [5.74, 6) is 0.339. The Bertz CT molecular complexity index is 2800. The van der Waals surface area contributed by atoms with E-state index in [1.807, 2.05) is 12.1 Å². The molecule has 0 saturated heterocycles. The molecule has 7 aromatic rings. The van der Waals surface area contributed by atoms with E-state index in [4.69, 9.17) is 20.0 Å². The van der Waals surface area contributed by atoms with E-state index in [1.54, 1.807) is 97.1 Å². The minimum atomic E-state index is -4.19. The molecule has 7 aromatic carbocycles. The summed E-state index contributed by atoms with van der Waals surface area (Å²) in [5, 5.41) is 18.1. The third-order valence-corrected chi connectivity index (χ3v) is 12.5. The molecule has 0 bridgehead atoms. The van der Waals surface area contributed by atoms with Gasteiger partial charge in [0.15, 0.2) is 11.6 Å². The summed E-state index contributed by atoms with van der Waals surface area (Å²) in [6.07, 6.45) is 0. The van der Waals surface area contributed by atoms with Gasteiger partial charge in [0, 0.05) is 11.1 Å². The van der Waals surface area contributed by atoms with Crippen molar-refractivity contribution in [1.29, 1.82) is 10.5 Å². The van der Waals surface area contributed by atoms with Gasteiger partial charge in [-0.05, 0) is 140 Å². The van der Waals surface area contributed by atoms with Gasteiger partial charge in [0.2, 0.25) is 19.7 Å². The smallest absolute Gasteiger partial charge is 0.206 e. The molecule has 0 N–H and O–H groups in total. The summed E-state index contributed by atoms with van der Waals surface area (Å²) in [7, 11) is -8.38. The number of rotatable bonds is 12. The van der Waals surface area contributed by atoms with E-state index in [0.29, 0.717) is 22.3 Å². The van der Waals surface area contributed by atoms with Gasteiger partial charge in [-0.3, -0.25) is 9.59 Å². The molecule has 0 unspecified atom stereocenters. The second-order valence-corrected chi connectivity index (χ2v) is 16.6. The maximum Gasteiger partial charge on any atom is 0.206 e. The van der Waals surface area contributed by atoms with Gasteiger partial charge in [-0.2, -0.15) is 10.5 Å². The number of ketones is 2. The Balaban J connectivity index is 1.06. The number of carbonyl (C=O) groups is 2. The van der Waals surface area contributed by atoms with Crippen LogP contribution in [0.1, 0.15) is 43.0 Å². The van der Waals surface area contributed by atoms with Crippen LogP contribution in [0.5, 0.6) is 23.0 Å². The molecule has 0 fully saturated rings. The molecular weight excluding hydrogens is 773 g/mol. The zero-order chi connectivity index (χ0) is 40.9. The van der Waals surface area contributed by atoms with Crippen LogP contribution < -0.4 is 9.47 Å². The molecule has 12 heteroatoms. The highest BCUT2D eigenvalue weighted by atomic mass is 32.2. The van der Waals surface area contributed by atoms with Crippen molar-refractivity contribution < 1.29 is 35.9 Å². The first-order chi connectivity index (χ1) is 28.0. The van der Waals surface area contributed by atoms with E-state index in [2.05, 4.69) is 0 Å². The highest BCUT2D eigenvalue weighted by Crippen LogP contribution is 2.33. The van der Waals surface area contributed by atoms with Crippen LogP contribution in [0.2, 0.25) is 0 Å². The summed E-state index contributed by atoms with van der Waals surface area (Å²) in [6.45, 7) is 0. The van der Waals surface area contributed by atoms with Gasteiger partial charge in [0.05, 0.1) is 54.0 Å². The van der Waals surface area contributed by atoms with Gasteiger partial charge >= 0.3 is 0 Å². The van der Waals surface area contributed by atoms with E-state index in [1.165, 1.54) is 66.7 Å². The number of benzene rings is 7. The lowest BCUT2D eigenvalue weighted by atomic mass is 10.0. The van der Waals surface area contributed by atoms with E-state index >= 15 is 0 Å². The number of ether oxygens (including phenoxy) is 2. The van der Waals surface area contributed by atoms with Gasteiger partial charge < -0.3 is 9.47 Å². The second-order valence-electron chi connectivity index (χ2n) is 12.7. The molecule has 0 aliphatic rings. The Morgan fingerprint density at radius 3 is 1.14 bits per heavy atom. The van der Waals surface area contributed by atoms with E-state index in [9.17, 15) is 26.4 Å². The average molecular weight is 801 g/mol. The fourth-order valence-electron chi connectivity index (χ4n) is 5.90. The fourth-order valence-corrected chi connectivity index (χ4v) is 8.59. The summed E-state index contributed by atoms with van der Waals surface area (Å²) < 4.78 is 66.9. The molecule has 0 amide bonds. The SMILES string of the molecule is N#Cc1ccc(C(=O)c2ccccc2Oc2ccc(S(=O)(=O)c3cccc(S(=O)(=O)c4ccc(Oc5ccccc5C(=O)c5ccc(C#N)cc5)cc4)c3)cc2)cc1. The number of sulfone groups is 2. The van der Waals surface area contributed by atoms with E-state index in [0.717, 1.165) is 6.07 Å². The number of hydrogen-bond acceptors (Lipinski definition) is 10. The zero-order valence-electron chi connectivity index (χ0n) is 30.1. The maximum atomic E-state index is 13.7. The normalized spacial score (nSPS) is 11.1. The Labute approximate surface area is 334 Å². The highest BCUT2D eigenvalue weighted by molar-refractivity contribution is 7.92. The first kappa shape index (κ1) is 38.6. The number of nitriles is 2. The molecule has 0 spiro atoms. The quantitative estimate of drug-likeness (QED) is 0.109. The molecule has 0 aliphatic carbocycles. The van der Waals surface area contributed by atoms with Gasteiger partial charge in [-0.25, -0.2) is 16.8 Å². The average Bonchev–Trinajstić information content (AvgIpc) is 3.27. The van der Waals surface area contributed by atoms with Crippen LogP contribution in [0, 0.1) is 22.7 Å². The molecule has 0 heterocycles. The van der Waals surface area contributed by atoms with Crippen molar-refractivity contribution in [2.75, 3.05) is 0 Å². The third-order valence-electron chi connectivity index (χ3n) is 8.97. The van der Waals surface area contributed by atoms with E-state index < -0.39 is 19.7 Å². The Morgan fingerprint density at radius 1 is 0.414 bits per heavy atom. The van der Waals surface area contributed by atoms with Crippen molar-refractivity contribution in [2.45, 2.75) is 19.6 Å². The lowest BCUT2D eigenvalue weighted by Crippen LogP contribution is -2.06. The molecule has 7 rings (SSSR count). The predicted molar refractivity (Wildman–Crippen MR) is 212 cm³/mol. The standard InChI is InChI=1S/C46H28N2O8S2/c47-29-31-12-16-33(17-13-31)45(49)41-8-1-3-10-43(41)55-35-20-24-37(25-21-35)57(51,52)39-6-5-7-40(28-39)58(53,54)38-26-22-36(23-27-38)56-44-11-4-2-9-42(44)46(50)34-18-14-32(30-48)15-19-34/h1-28H. The summed E-state index contributed by atoms with van der Waals surface area (Å²) >= 11 is 0. The molecule has 0 atom stereocenters. The van der Waals surface area contributed by atoms with Crippen LogP contribution in [-0.4, -0.2) is 28.4 Å². The van der Waals surface area contributed by atoms with Crippen molar-refractivity contribution in [2.24, 2.45) is 0 Å². The minimum absolute atomic E-state index is 0.115. The van der Waals surface area contributed by atoms with E-state index in [-0.39, 0.29) is 65.3 Å². The zero-order valence-corrected chi connectivity index (χ0v) is 31.8. The van der Waals surface area contributed by atoms with Gasteiger partial charge in [-0.1, -0.05) is 30.3 Å². The second kappa shape index (κ2) is 16.2. The lowest BCUT2D eigenvalue weighted by molar-refractivity contribution is 0.102. The minimum Gasteiger partial charge on any atom is -0.457 e. The van der Waals surface area contributed by atoms with Crippen LogP contribution in [0.15, 0.2) is 189 Å². The lowest BCUT2D eigenvalue weighted by Gasteiger charge is -2.12. The first-order valence-electron chi connectivity index (χ1n) is 17.4. The van der Waals surface area contributed by atoms with Crippen LogP contribution in [0.25, 0.3) is 0 Å². The molecular formula is C46H28N2O8S2. The largest absolute Gasteiger partial charge is 0.457 e. The van der Waals surface area contributed by atoms with Crippen molar-refractivity contribution in [3.05, 3.63) is 203 Å². The topological polar surface area (TPSA) is 168 Å². The van der Waals surface area contributed by atoms with Crippen molar-refractivity contribution >= 4 is 31.2 Å². The summed E-state index contributed by atoms with van der Waals surface area (Å²) in [6, 6.07) is 45.7. The molecule has 58 heavy (non-hydrogen) atoms. The highest BCUT2D eigenvalue weighted by Gasteiger charge is 2.24. The Morgan fingerprint density at radius 2 is 0.776 bits per heavy atom. The predicted octanol–water partition coefficient (Wildman–Crippen LogP) is 9.14. The Kier molecular flexibility index (Phi) is 10.8. The maximum absolute atomic E-state index is 13.7. The Hall–Kier alpha value is -7.64. The molecule has 282 valence electrons. The first-order valence-corrected chi connectivity index (χ1v) is 20.4. The van der Waals surface area contributed by atoms with Crippen molar-refractivity contribution in [1.82, 2.24) is 0 Å². The van der Waals surface area contributed by atoms with Crippen LogP contribution >= 0.6 is 0 Å². The van der Waals surface area contributed by atoms with Crippen LogP contribution in [-0.2, 0) is 19.7 Å². The molecule has 0 saturated carbocycles. The molecule has 0 aromatic heterocycles. The number of para-hydroxylation sites is 2.